The molecule has 0 bridgehead atoms. The Balaban J connectivity index is -0.00000364. The van der Waals surface area contributed by atoms with Crippen molar-refractivity contribution >= 4 is 8.41 Å². The van der Waals surface area contributed by atoms with Gasteiger partial charge in [-0.2, -0.15) is 0 Å². The van der Waals surface area contributed by atoms with Crippen LogP contribution in [0.3, 0.4) is 0 Å². The standard InChI is InChI=1S/C18H38O10.BH4.Na/c19-1-3-21-5-7-23-9-11-25-13-15-27-17-18-28-16-14-26-12-10-24-8-6-22-4-2-20;;/h19-20H,1-18H2;1H4;/q;-1;+1. The summed E-state index contributed by atoms with van der Waals surface area (Å²) in [6.45, 7) is 7.79. The van der Waals surface area contributed by atoms with Crippen LogP contribution >= 0.6 is 0 Å². The van der Waals surface area contributed by atoms with Crippen LogP contribution < -0.4 is 29.6 Å². The van der Waals surface area contributed by atoms with Crippen molar-refractivity contribution in [2.75, 3.05) is 119 Å². The number of aliphatic hydroxyl groups excluding tert-OH is 2. The predicted octanol–water partition coefficient (Wildman–Crippen LogP) is -5.34. The van der Waals surface area contributed by atoms with Gasteiger partial charge >= 0.3 is 29.6 Å². The molecule has 0 radical (unpaired) electrons. The van der Waals surface area contributed by atoms with E-state index in [0.29, 0.717) is 106 Å². The summed E-state index contributed by atoms with van der Waals surface area (Å²) in [5, 5.41) is 17.0. The monoisotopic (exact) mass is 452 g/mol. The Bertz CT molecular complexity index is 257. The number of hydrogen-bond acceptors (Lipinski definition) is 10. The Morgan fingerprint density at radius 2 is 0.433 bits per heavy atom. The summed E-state index contributed by atoms with van der Waals surface area (Å²) in [5.74, 6) is 0. The van der Waals surface area contributed by atoms with Gasteiger partial charge in [-0.25, -0.2) is 0 Å². The van der Waals surface area contributed by atoms with Crippen LogP contribution in [0.1, 0.15) is 0 Å². The van der Waals surface area contributed by atoms with Crippen molar-refractivity contribution < 1.29 is 77.7 Å². The number of rotatable bonds is 25. The van der Waals surface area contributed by atoms with Crippen LogP contribution in [0.2, 0.25) is 0 Å². The second kappa shape index (κ2) is 34.3. The Morgan fingerprint density at radius 3 is 0.567 bits per heavy atom. The predicted molar refractivity (Wildman–Crippen MR) is 112 cm³/mol. The topological polar surface area (TPSA) is 114 Å². The van der Waals surface area contributed by atoms with Crippen molar-refractivity contribution in [1.29, 1.82) is 0 Å². The SMILES string of the molecule is OCCOCCOCCOCCOCCOCCOCCOCCOCCO.[BH4-].[Na+]. The van der Waals surface area contributed by atoms with E-state index in [4.69, 9.17) is 48.1 Å². The Morgan fingerprint density at radius 1 is 0.300 bits per heavy atom. The molecule has 10 nitrogen and oxygen atoms in total. The molecule has 0 heterocycles. The molecule has 30 heavy (non-hydrogen) atoms. The van der Waals surface area contributed by atoms with Crippen LogP contribution in [0.25, 0.3) is 0 Å². The molecule has 0 aliphatic rings. The molecule has 0 fully saturated rings. The molecule has 0 aromatic carbocycles. The molecule has 0 unspecified atom stereocenters. The van der Waals surface area contributed by atoms with E-state index in [1.807, 2.05) is 0 Å². The minimum Gasteiger partial charge on any atom is -0.394 e. The first kappa shape index (κ1) is 35.3. The average molecular weight is 452 g/mol. The van der Waals surface area contributed by atoms with Gasteiger partial charge in [0, 0.05) is 0 Å². The summed E-state index contributed by atoms with van der Waals surface area (Å²) < 4.78 is 42.2. The van der Waals surface area contributed by atoms with E-state index < -0.39 is 0 Å². The van der Waals surface area contributed by atoms with Crippen LogP contribution in [0.5, 0.6) is 0 Å². The molecule has 0 rings (SSSR count). The van der Waals surface area contributed by atoms with E-state index in [1.54, 1.807) is 0 Å². The molecular formula is C18H42BNaO10. The summed E-state index contributed by atoms with van der Waals surface area (Å²) in [5.41, 5.74) is 0. The molecule has 0 aromatic rings. The molecule has 0 saturated carbocycles. The van der Waals surface area contributed by atoms with Crippen molar-refractivity contribution in [2.24, 2.45) is 0 Å². The number of hydrogen-bond donors (Lipinski definition) is 2. The molecule has 178 valence electrons. The molecule has 0 aliphatic carbocycles. The molecule has 12 heteroatoms. The molecule has 0 spiro atoms. The van der Waals surface area contributed by atoms with Gasteiger partial charge < -0.3 is 48.1 Å². The van der Waals surface area contributed by atoms with Gasteiger partial charge in [-0.05, 0) is 0 Å². The van der Waals surface area contributed by atoms with E-state index in [0.717, 1.165) is 0 Å². The van der Waals surface area contributed by atoms with E-state index in [1.165, 1.54) is 0 Å². The van der Waals surface area contributed by atoms with Crippen molar-refractivity contribution in [2.45, 2.75) is 0 Å². The van der Waals surface area contributed by atoms with Gasteiger partial charge in [0.1, 0.15) is 0 Å². The fourth-order valence-electron chi connectivity index (χ4n) is 1.77. The zero-order valence-corrected chi connectivity index (χ0v) is 19.9. The number of ether oxygens (including phenoxy) is 8. The zero-order chi connectivity index (χ0) is 20.4. The average Bonchev–Trinajstić information content (AvgIpc) is 2.71. The maximum Gasteiger partial charge on any atom is 1.00 e. The molecule has 0 aromatic heterocycles. The van der Waals surface area contributed by atoms with Crippen molar-refractivity contribution in [3.05, 3.63) is 0 Å². The summed E-state index contributed by atoms with van der Waals surface area (Å²) in [7, 11) is 0. The van der Waals surface area contributed by atoms with Gasteiger partial charge in [-0.15, -0.1) is 0 Å². The van der Waals surface area contributed by atoms with Crippen molar-refractivity contribution in [1.82, 2.24) is 0 Å². The summed E-state index contributed by atoms with van der Waals surface area (Å²) >= 11 is 0. The fraction of sp³-hybridized carbons (Fsp3) is 1.00. The second-order valence-corrected chi connectivity index (χ2v) is 5.35. The Kier molecular flexibility index (Phi) is 40.3. The minimum atomic E-state index is 0. The van der Waals surface area contributed by atoms with E-state index in [2.05, 4.69) is 0 Å². The van der Waals surface area contributed by atoms with E-state index in [9.17, 15) is 0 Å². The Hall–Kier alpha value is 0.665. The minimum absolute atomic E-state index is 0. The second-order valence-electron chi connectivity index (χ2n) is 5.35. The third-order valence-corrected chi connectivity index (χ3v) is 3.08. The van der Waals surface area contributed by atoms with Gasteiger partial charge in [-0.3, -0.25) is 0 Å². The summed E-state index contributed by atoms with van der Waals surface area (Å²) in [6, 6.07) is 0. The first-order valence-electron chi connectivity index (χ1n) is 9.75. The summed E-state index contributed by atoms with van der Waals surface area (Å²) in [6.07, 6.45) is 0. The number of aliphatic hydroxyl groups is 2. The van der Waals surface area contributed by atoms with Gasteiger partial charge in [0.15, 0.2) is 0 Å². The molecular weight excluding hydrogens is 410 g/mol. The quantitative estimate of drug-likeness (QED) is 0.103. The fourth-order valence-corrected chi connectivity index (χ4v) is 1.77. The van der Waals surface area contributed by atoms with Crippen LogP contribution in [0.4, 0.5) is 0 Å². The molecule has 0 saturated heterocycles. The van der Waals surface area contributed by atoms with Gasteiger partial charge in [0.2, 0.25) is 0 Å². The largest absolute Gasteiger partial charge is 1.00 e. The van der Waals surface area contributed by atoms with Crippen LogP contribution in [0, 0.1) is 0 Å². The first-order valence-corrected chi connectivity index (χ1v) is 9.75. The normalized spacial score (nSPS) is 10.6. The van der Waals surface area contributed by atoms with Crippen LogP contribution in [0.15, 0.2) is 0 Å². The molecule has 0 amide bonds. The van der Waals surface area contributed by atoms with E-state index >= 15 is 0 Å². The van der Waals surface area contributed by atoms with Crippen LogP contribution in [-0.4, -0.2) is 138 Å². The van der Waals surface area contributed by atoms with E-state index in [-0.39, 0.29) is 51.2 Å². The first-order chi connectivity index (χ1) is 13.9. The zero-order valence-electron chi connectivity index (χ0n) is 17.9. The maximum absolute atomic E-state index is 8.52. The molecule has 0 atom stereocenters. The van der Waals surface area contributed by atoms with Crippen LogP contribution in [-0.2, 0) is 37.9 Å². The van der Waals surface area contributed by atoms with Crippen molar-refractivity contribution in [3.63, 3.8) is 0 Å². The van der Waals surface area contributed by atoms with Gasteiger partial charge in [-0.1, -0.05) is 8.41 Å². The molecule has 2 N–H and O–H groups in total. The van der Waals surface area contributed by atoms with Gasteiger partial charge in [0.05, 0.1) is 119 Å². The maximum atomic E-state index is 8.52. The third-order valence-electron chi connectivity index (χ3n) is 3.08. The van der Waals surface area contributed by atoms with Crippen molar-refractivity contribution in [3.8, 4) is 0 Å². The summed E-state index contributed by atoms with van der Waals surface area (Å²) in [4.78, 5) is 0. The third kappa shape index (κ3) is 33.3. The molecule has 0 aliphatic heterocycles. The smallest absolute Gasteiger partial charge is 0.394 e. The Labute approximate surface area is 204 Å². The van der Waals surface area contributed by atoms with Gasteiger partial charge in [0.25, 0.3) is 0 Å².